The zero-order valence-electron chi connectivity index (χ0n) is 13.8. The fourth-order valence-corrected chi connectivity index (χ4v) is 2.72. The summed E-state index contributed by atoms with van der Waals surface area (Å²) in [6, 6.07) is 16.5. The highest BCUT2D eigenvalue weighted by Gasteiger charge is 2.09. The molecule has 0 atom stereocenters. The number of aliphatic imine (C=N–C) groups is 1. The number of aromatic nitrogens is 2. The van der Waals surface area contributed by atoms with Crippen LogP contribution in [0.3, 0.4) is 0 Å². The highest BCUT2D eigenvalue weighted by molar-refractivity contribution is 5.84. The van der Waals surface area contributed by atoms with Crippen molar-refractivity contribution < 1.29 is 0 Å². The summed E-state index contributed by atoms with van der Waals surface area (Å²) in [5.41, 5.74) is 5.73. The third kappa shape index (κ3) is 3.24. The van der Waals surface area contributed by atoms with Crippen molar-refractivity contribution in [3.8, 4) is 5.82 Å². The molecule has 0 N–H and O–H groups in total. The first-order chi connectivity index (χ1) is 11.2. The molecule has 0 unspecified atom stereocenters. The number of hydrogen-bond acceptors (Lipinski definition) is 2. The molecule has 0 spiro atoms. The second-order valence-corrected chi connectivity index (χ2v) is 5.63. The molecule has 2 heterocycles. The van der Waals surface area contributed by atoms with E-state index in [1.807, 2.05) is 30.6 Å². The Morgan fingerprint density at radius 2 is 1.87 bits per heavy atom. The van der Waals surface area contributed by atoms with Crippen LogP contribution in [0.5, 0.6) is 0 Å². The second kappa shape index (κ2) is 6.61. The molecule has 0 aliphatic carbocycles. The molecule has 0 saturated heterocycles. The lowest BCUT2D eigenvalue weighted by Gasteiger charge is -2.07. The van der Waals surface area contributed by atoms with Gasteiger partial charge >= 0.3 is 0 Å². The van der Waals surface area contributed by atoms with E-state index in [0.29, 0.717) is 0 Å². The van der Waals surface area contributed by atoms with Crippen molar-refractivity contribution in [1.82, 2.24) is 9.55 Å². The summed E-state index contributed by atoms with van der Waals surface area (Å²) in [5, 5.41) is 0. The van der Waals surface area contributed by atoms with E-state index < -0.39 is 0 Å². The van der Waals surface area contributed by atoms with Crippen LogP contribution < -0.4 is 0 Å². The number of rotatable bonds is 4. The quantitative estimate of drug-likeness (QED) is 0.637. The zero-order chi connectivity index (χ0) is 16.2. The van der Waals surface area contributed by atoms with Gasteiger partial charge in [-0.2, -0.15) is 0 Å². The summed E-state index contributed by atoms with van der Waals surface area (Å²) in [6.45, 7) is 6.35. The van der Waals surface area contributed by atoms with Crippen LogP contribution in [0, 0.1) is 13.8 Å². The molecule has 2 aromatic heterocycles. The number of aryl methyl sites for hydroxylation is 2. The van der Waals surface area contributed by atoms with E-state index in [1.54, 1.807) is 0 Å². The second-order valence-electron chi connectivity index (χ2n) is 5.63. The molecule has 0 saturated carbocycles. The molecule has 0 fully saturated rings. The zero-order valence-corrected chi connectivity index (χ0v) is 13.8. The SMILES string of the molecule is CCc1ccc(N=Cc2cc(C)n(-c3ccccn3)c2C)cc1. The van der Waals surface area contributed by atoms with Crippen molar-refractivity contribution in [2.24, 2.45) is 4.99 Å². The summed E-state index contributed by atoms with van der Waals surface area (Å²) in [5.74, 6) is 0.939. The fraction of sp³-hybridized carbons (Fsp3) is 0.200. The monoisotopic (exact) mass is 303 g/mol. The van der Waals surface area contributed by atoms with Gasteiger partial charge in [0.2, 0.25) is 0 Å². The maximum absolute atomic E-state index is 4.60. The predicted molar refractivity (Wildman–Crippen MR) is 96.1 cm³/mol. The molecule has 3 aromatic rings. The summed E-state index contributed by atoms with van der Waals surface area (Å²) in [7, 11) is 0. The van der Waals surface area contributed by atoms with Gasteiger partial charge < -0.3 is 4.57 Å². The van der Waals surface area contributed by atoms with Gasteiger partial charge in [0.1, 0.15) is 5.82 Å². The molecular weight excluding hydrogens is 282 g/mol. The highest BCUT2D eigenvalue weighted by Crippen LogP contribution is 2.19. The number of nitrogens with zero attached hydrogens (tertiary/aromatic N) is 3. The smallest absolute Gasteiger partial charge is 0.136 e. The van der Waals surface area contributed by atoms with E-state index in [9.17, 15) is 0 Å². The van der Waals surface area contributed by atoms with Crippen LogP contribution in [-0.2, 0) is 6.42 Å². The Labute approximate surface area is 137 Å². The molecule has 0 aliphatic rings. The van der Waals surface area contributed by atoms with Gasteiger partial charge in [-0.05, 0) is 56.2 Å². The van der Waals surface area contributed by atoms with Gasteiger partial charge in [-0.3, -0.25) is 4.99 Å². The maximum atomic E-state index is 4.60. The molecule has 0 radical (unpaired) electrons. The van der Waals surface area contributed by atoms with Gasteiger partial charge in [0.25, 0.3) is 0 Å². The van der Waals surface area contributed by atoms with Crippen molar-refractivity contribution in [2.75, 3.05) is 0 Å². The maximum Gasteiger partial charge on any atom is 0.136 e. The molecule has 1 aromatic carbocycles. The summed E-state index contributed by atoms with van der Waals surface area (Å²) >= 11 is 0. The van der Waals surface area contributed by atoms with E-state index in [1.165, 1.54) is 5.56 Å². The molecule has 116 valence electrons. The topological polar surface area (TPSA) is 30.2 Å². The van der Waals surface area contributed by atoms with Crippen LogP contribution in [0.15, 0.2) is 59.7 Å². The first kappa shape index (κ1) is 15.2. The molecular formula is C20H21N3. The Morgan fingerprint density at radius 1 is 1.09 bits per heavy atom. The van der Waals surface area contributed by atoms with Gasteiger partial charge in [0.15, 0.2) is 0 Å². The van der Waals surface area contributed by atoms with Gasteiger partial charge in [0, 0.05) is 29.4 Å². The van der Waals surface area contributed by atoms with E-state index >= 15 is 0 Å². The molecule has 23 heavy (non-hydrogen) atoms. The van der Waals surface area contributed by atoms with E-state index in [2.05, 4.69) is 65.6 Å². The van der Waals surface area contributed by atoms with Gasteiger partial charge in [-0.15, -0.1) is 0 Å². The largest absolute Gasteiger partial charge is 0.303 e. The highest BCUT2D eigenvalue weighted by atomic mass is 15.1. The predicted octanol–water partition coefficient (Wildman–Crippen LogP) is 4.80. The Morgan fingerprint density at radius 3 is 2.52 bits per heavy atom. The molecule has 0 aliphatic heterocycles. The number of pyridine rings is 1. The first-order valence-electron chi connectivity index (χ1n) is 7.92. The Hall–Kier alpha value is -2.68. The van der Waals surface area contributed by atoms with Crippen LogP contribution in [-0.4, -0.2) is 15.8 Å². The molecule has 0 bridgehead atoms. The van der Waals surface area contributed by atoms with Crippen LogP contribution in [0.2, 0.25) is 0 Å². The molecule has 3 heteroatoms. The fourth-order valence-electron chi connectivity index (χ4n) is 2.72. The van der Waals surface area contributed by atoms with Crippen molar-refractivity contribution in [3.63, 3.8) is 0 Å². The summed E-state index contributed by atoms with van der Waals surface area (Å²) in [4.78, 5) is 9.04. The average molecular weight is 303 g/mol. The summed E-state index contributed by atoms with van der Waals surface area (Å²) in [6.07, 6.45) is 4.80. The standard InChI is InChI=1S/C20H21N3/c1-4-17-8-10-19(11-9-17)22-14-18-13-15(2)23(16(18)3)20-7-5-6-12-21-20/h5-14H,4H2,1-3H3. The van der Waals surface area contributed by atoms with E-state index in [-0.39, 0.29) is 0 Å². The molecule has 0 amide bonds. The van der Waals surface area contributed by atoms with Crippen molar-refractivity contribution in [1.29, 1.82) is 0 Å². The number of benzene rings is 1. The minimum atomic E-state index is 0.939. The van der Waals surface area contributed by atoms with Crippen molar-refractivity contribution in [2.45, 2.75) is 27.2 Å². The third-order valence-electron chi connectivity index (χ3n) is 4.05. The van der Waals surface area contributed by atoms with Crippen LogP contribution in [0.4, 0.5) is 5.69 Å². The minimum Gasteiger partial charge on any atom is -0.303 e. The summed E-state index contributed by atoms with van der Waals surface area (Å²) < 4.78 is 2.15. The average Bonchev–Trinajstić information content (AvgIpc) is 2.88. The lowest BCUT2D eigenvalue weighted by Crippen LogP contribution is -2.01. The van der Waals surface area contributed by atoms with Crippen molar-refractivity contribution in [3.05, 3.63) is 77.2 Å². The first-order valence-corrected chi connectivity index (χ1v) is 7.92. The third-order valence-corrected chi connectivity index (χ3v) is 4.05. The van der Waals surface area contributed by atoms with Crippen LogP contribution in [0.1, 0.15) is 29.4 Å². The Bertz CT molecular complexity index is 812. The van der Waals surface area contributed by atoms with Gasteiger partial charge in [-0.25, -0.2) is 4.98 Å². The molecule has 3 nitrogen and oxygen atoms in total. The van der Waals surface area contributed by atoms with E-state index in [4.69, 9.17) is 0 Å². The van der Waals surface area contributed by atoms with Gasteiger partial charge in [-0.1, -0.05) is 25.1 Å². The minimum absolute atomic E-state index is 0.939. The van der Waals surface area contributed by atoms with Gasteiger partial charge in [0.05, 0.1) is 5.69 Å². The Balaban J connectivity index is 1.90. The lowest BCUT2D eigenvalue weighted by molar-refractivity contribution is 0.921. The van der Waals surface area contributed by atoms with E-state index in [0.717, 1.165) is 34.9 Å². The normalized spacial score (nSPS) is 11.3. The van der Waals surface area contributed by atoms with Crippen LogP contribution >= 0.6 is 0 Å². The van der Waals surface area contributed by atoms with Crippen LogP contribution in [0.25, 0.3) is 5.82 Å². The molecule has 3 rings (SSSR count). The van der Waals surface area contributed by atoms with Crippen molar-refractivity contribution >= 4 is 11.9 Å². The lowest BCUT2D eigenvalue weighted by atomic mass is 10.1. The number of hydrogen-bond donors (Lipinski definition) is 0. The Kier molecular flexibility index (Phi) is 4.38.